The third-order valence-electron chi connectivity index (χ3n) is 4.77. The van der Waals surface area contributed by atoms with Crippen molar-refractivity contribution in [3.05, 3.63) is 0 Å². The van der Waals surface area contributed by atoms with E-state index in [2.05, 4.69) is 34.4 Å². The van der Waals surface area contributed by atoms with Gasteiger partial charge in [0.05, 0.1) is 0 Å². The first kappa shape index (κ1) is 12.9. The molecule has 0 saturated carbocycles. The molecule has 1 spiro atoms. The number of carbonyl (C=O) groups excluding carboxylic acids is 2. The van der Waals surface area contributed by atoms with Crippen molar-refractivity contribution in [2.45, 2.75) is 18.9 Å². The summed E-state index contributed by atoms with van der Waals surface area (Å²) in [6, 6.07) is -0.325. The van der Waals surface area contributed by atoms with Gasteiger partial charge in [0.1, 0.15) is 5.54 Å². The van der Waals surface area contributed by atoms with Crippen molar-refractivity contribution >= 4 is 11.9 Å². The summed E-state index contributed by atoms with van der Waals surface area (Å²) in [6.07, 6.45) is 1.13. The zero-order valence-corrected chi connectivity index (χ0v) is 11.6. The number of nitrogens with zero attached hydrogens (tertiary/aromatic N) is 2. The second-order valence-electron chi connectivity index (χ2n) is 6.15. The lowest BCUT2D eigenvalue weighted by Crippen LogP contribution is -2.73. The number of urea groups is 1. The molecule has 0 aromatic rings. The minimum absolute atomic E-state index is 0.114. The Hall–Kier alpha value is -1.14. The third-order valence-corrected chi connectivity index (χ3v) is 4.77. The lowest BCUT2D eigenvalue weighted by Gasteiger charge is -2.54. The first-order valence-electron chi connectivity index (χ1n) is 7.10. The van der Waals surface area contributed by atoms with Gasteiger partial charge in [-0.2, -0.15) is 0 Å². The average molecular weight is 266 g/mol. The SMILES string of the molecule is CCCN1CC2CN(C)CC(C1)C21NC(=O)NC1=O. The fourth-order valence-corrected chi connectivity index (χ4v) is 4.11. The minimum atomic E-state index is -0.659. The van der Waals surface area contributed by atoms with Gasteiger partial charge in [-0.1, -0.05) is 6.92 Å². The summed E-state index contributed by atoms with van der Waals surface area (Å²) in [5.41, 5.74) is -0.659. The molecule has 0 aromatic carbocycles. The van der Waals surface area contributed by atoms with Crippen LogP contribution in [0.3, 0.4) is 0 Å². The van der Waals surface area contributed by atoms with E-state index in [1.165, 1.54) is 0 Å². The van der Waals surface area contributed by atoms with Crippen LogP contribution in [0.5, 0.6) is 0 Å². The summed E-state index contributed by atoms with van der Waals surface area (Å²) in [5, 5.41) is 5.39. The molecule has 3 amide bonds. The van der Waals surface area contributed by atoms with Crippen molar-refractivity contribution in [2.75, 3.05) is 39.8 Å². The van der Waals surface area contributed by atoms with E-state index in [0.717, 1.165) is 39.1 Å². The summed E-state index contributed by atoms with van der Waals surface area (Å²) >= 11 is 0. The Labute approximate surface area is 113 Å². The molecular formula is C13H22N4O2. The van der Waals surface area contributed by atoms with Gasteiger partial charge in [0.25, 0.3) is 5.91 Å². The van der Waals surface area contributed by atoms with Gasteiger partial charge in [-0.25, -0.2) is 4.79 Å². The lowest BCUT2D eigenvalue weighted by molar-refractivity contribution is -0.136. The molecule has 19 heavy (non-hydrogen) atoms. The molecule has 2 bridgehead atoms. The molecule has 0 aromatic heterocycles. The largest absolute Gasteiger partial charge is 0.322 e. The van der Waals surface area contributed by atoms with Crippen LogP contribution in [-0.4, -0.2) is 67.0 Å². The number of imide groups is 1. The molecule has 106 valence electrons. The topological polar surface area (TPSA) is 64.7 Å². The van der Waals surface area contributed by atoms with Gasteiger partial charge in [0, 0.05) is 38.0 Å². The van der Waals surface area contributed by atoms with E-state index in [-0.39, 0.29) is 23.8 Å². The highest BCUT2D eigenvalue weighted by Crippen LogP contribution is 2.39. The highest BCUT2D eigenvalue weighted by atomic mass is 16.2. The summed E-state index contributed by atoms with van der Waals surface area (Å²) in [7, 11) is 2.09. The van der Waals surface area contributed by atoms with Gasteiger partial charge in [-0.3, -0.25) is 10.1 Å². The van der Waals surface area contributed by atoms with Gasteiger partial charge in [0.2, 0.25) is 0 Å². The maximum absolute atomic E-state index is 12.3. The van der Waals surface area contributed by atoms with Gasteiger partial charge in [-0.05, 0) is 20.0 Å². The number of amides is 3. The van der Waals surface area contributed by atoms with Crippen LogP contribution < -0.4 is 10.6 Å². The van der Waals surface area contributed by atoms with Crippen molar-refractivity contribution in [2.24, 2.45) is 11.8 Å². The van der Waals surface area contributed by atoms with Crippen molar-refractivity contribution in [1.82, 2.24) is 20.4 Å². The number of likely N-dealkylation sites (tertiary alicyclic amines) is 2. The average Bonchev–Trinajstić information content (AvgIpc) is 2.59. The summed E-state index contributed by atoms with van der Waals surface area (Å²) in [5.74, 6) is 0.253. The highest BCUT2D eigenvalue weighted by molar-refractivity contribution is 6.07. The smallest absolute Gasteiger partial charge is 0.322 e. The van der Waals surface area contributed by atoms with Crippen LogP contribution in [0.25, 0.3) is 0 Å². The van der Waals surface area contributed by atoms with Crippen LogP contribution in [0.15, 0.2) is 0 Å². The lowest BCUT2D eigenvalue weighted by atomic mass is 9.67. The van der Waals surface area contributed by atoms with Crippen LogP contribution >= 0.6 is 0 Å². The first-order chi connectivity index (χ1) is 9.06. The molecule has 3 heterocycles. The van der Waals surface area contributed by atoms with E-state index in [9.17, 15) is 9.59 Å². The molecule has 3 rings (SSSR count). The molecule has 6 nitrogen and oxygen atoms in total. The van der Waals surface area contributed by atoms with Crippen molar-refractivity contribution in [3.8, 4) is 0 Å². The predicted molar refractivity (Wildman–Crippen MR) is 70.6 cm³/mol. The minimum Gasteiger partial charge on any atom is -0.322 e. The van der Waals surface area contributed by atoms with Gasteiger partial charge < -0.3 is 15.1 Å². The molecule has 3 aliphatic heterocycles. The molecule has 6 heteroatoms. The number of carbonyl (C=O) groups is 2. The Morgan fingerprint density at radius 3 is 2.32 bits per heavy atom. The monoisotopic (exact) mass is 266 g/mol. The quantitative estimate of drug-likeness (QED) is 0.659. The second kappa shape index (κ2) is 4.45. The van der Waals surface area contributed by atoms with Crippen LogP contribution in [0.4, 0.5) is 4.79 Å². The Kier molecular flexibility index (Phi) is 3.02. The summed E-state index contributed by atoms with van der Waals surface area (Å²) in [6.45, 7) is 6.76. The molecule has 3 saturated heterocycles. The molecule has 2 unspecified atom stereocenters. The zero-order valence-electron chi connectivity index (χ0n) is 11.6. The fraction of sp³-hybridized carbons (Fsp3) is 0.846. The molecule has 2 atom stereocenters. The van der Waals surface area contributed by atoms with Crippen LogP contribution in [0.1, 0.15) is 13.3 Å². The molecule has 3 aliphatic rings. The summed E-state index contributed by atoms with van der Waals surface area (Å²) in [4.78, 5) is 28.6. The number of piperidine rings is 2. The maximum Gasteiger partial charge on any atom is 0.322 e. The number of hydrogen-bond acceptors (Lipinski definition) is 4. The normalized spacial score (nSPS) is 39.5. The Morgan fingerprint density at radius 2 is 1.84 bits per heavy atom. The number of nitrogens with one attached hydrogen (secondary N) is 2. The van der Waals surface area contributed by atoms with Crippen molar-refractivity contribution < 1.29 is 9.59 Å². The van der Waals surface area contributed by atoms with Gasteiger partial charge in [0.15, 0.2) is 0 Å². The predicted octanol–water partition coefficient (Wildman–Crippen LogP) is -0.532. The van der Waals surface area contributed by atoms with E-state index in [4.69, 9.17) is 0 Å². The van der Waals surface area contributed by atoms with E-state index in [1.54, 1.807) is 0 Å². The molecular weight excluding hydrogens is 244 g/mol. The highest BCUT2D eigenvalue weighted by Gasteiger charge is 2.61. The Balaban J connectivity index is 1.90. The molecule has 0 aliphatic carbocycles. The molecule has 2 N–H and O–H groups in total. The van der Waals surface area contributed by atoms with E-state index in [1.807, 2.05) is 0 Å². The van der Waals surface area contributed by atoms with Gasteiger partial charge >= 0.3 is 6.03 Å². The van der Waals surface area contributed by atoms with Crippen LogP contribution in [-0.2, 0) is 4.79 Å². The van der Waals surface area contributed by atoms with Crippen LogP contribution in [0, 0.1) is 11.8 Å². The van der Waals surface area contributed by atoms with Crippen molar-refractivity contribution in [3.63, 3.8) is 0 Å². The zero-order chi connectivity index (χ0) is 13.6. The molecule has 3 fully saturated rings. The Bertz CT molecular complexity index is 395. The third kappa shape index (κ3) is 1.85. The van der Waals surface area contributed by atoms with Crippen molar-refractivity contribution in [1.29, 1.82) is 0 Å². The summed E-state index contributed by atoms with van der Waals surface area (Å²) < 4.78 is 0. The standard InChI is InChI=1S/C13H22N4O2/c1-3-4-17-7-9-5-16(2)6-10(8-17)13(9)11(18)14-12(19)15-13/h9-10H,3-8H2,1-2H3,(H2,14,15,18,19). The fourth-order valence-electron chi connectivity index (χ4n) is 4.11. The van der Waals surface area contributed by atoms with E-state index < -0.39 is 5.54 Å². The van der Waals surface area contributed by atoms with E-state index >= 15 is 0 Å². The Morgan fingerprint density at radius 1 is 1.21 bits per heavy atom. The number of rotatable bonds is 2. The molecule has 0 radical (unpaired) electrons. The van der Waals surface area contributed by atoms with E-state index in [0.29, 0.717) is 0 Å². The first-order valence-corrected chi connectivity index (χ1v) is 7.10. The van der Waals surface area contributed by atoms with Crippen LogP contribution in [0.2, 0.25) is 0 Å². The maximum atomic E-state index is 12.3. The number of hydrogen-bond donors (Lipinski definition) is 2. The van der Waals surface area contributed by atoms with Gasteiger partial charge in [-0.15, -0.1) is 0 Å². The second-order valence-corrected chi connectivity index (χ2v) is 6.15.